The van der Waals surface area contributed by atoms with Gasteiger partial charge in [0.1, 0.15) is 11.9 Å². The van der Waals surface area contributed by atoms with Gasteiger partial charge in [0.25, 0.3) is 5.91 Å². The van der Waals surface area contributed by atoms with Crippen molar-refractivity contribution < 1.29 is 14.0 Å². The van der Waals surface area contributed by atoms with E-state index in [2.05, 4.69) is 48.8 Å². The van der Waals surface area contributed by atoms with Crippen LogP contribution in [-0.2, 0) is 4.43 Å². The second-order valence-electron chi connectivity index (χ2n) is 11.7. The number of carbonyl (C=O) groups excluding carboxylic acids is 1. The number of benzene rings is 1. The first-order valence-electron chi connectivity index (χ1n) is 13.2. The third-order valence-electron chi connectivity index (χ3n) is 7.92. The summed E-state index contributed by atoms with van der Waals surface area (Å²) >= 11 is 18.8. The van der Waals surface area contributed by atoms with Crippen molar-refractivity contribution in [3.63, 3.8) is 0 Å². The van der Waals surface area contributed by atoms with Crippen LogP contribution in [0.25, 0.3) is 0 Å². The molecule has 214 valence electrons. The number of nitrogens with zero attached hydrogens (tertiary/aromatic N) is 4. The molecule has 3 heterocycles. The Balaban J connectivity index is 1.71. The molecular formula is C29H35Cl3N4O3Si. The monoisotopic (exact) mass is 620 g/mol. The highest BCUT2D eigenvalue weighted by molar-refractivity contribution is 6.74. The number of aryl methyl sites for hydroxylation is 1. The van der Waals surface area contributed by atoms with Crippen molar-refractivity contribution in [1.82, 2.24) is 19.9 Å². The van der Waals surface area contributed by atoms with Gasteiger partial charge in [-0.3, -0.25) is 4.79 Å². The molecule has 7 nitrogen and oxygen atoms in total. The van der Waals surface area contributed by atoms with E-state index in [0.717, 1.165) is 5.56 Å². The van der Waals surface area contributed by atoms with Gasteiger partial charge in [0.05, 0.1) is 27.2 Å². The molecule has 1 amide bonds. The maximum atomic E-state index is 13.6. The van der Waals surface area contributed by atoms with Crippen LogP contribution in [0.1, 0.15) is 48.4 Å². The van der Waals surface area contributed by atoms with Gasteiger partial charge in [-0.1, -0.05) is 61.6 Å². The largest absolute Gasteiger partial charge is 0.472 e. The normalized spacial score (nSPS) is 18.6. The number of hydrogen-bond acceptors (Lipinski definition) is 6. The summed E-state index contributed by atoms with van der Waals surface area (Å²) in [7, 11) is -2.12. The Bertz CT molecular complexity index is 1330. The first-order valence-corrected chi connectivity index (χ1v) is 17.2. The van der Waals surface area contributed by atoms with Gasteiger partial charge in [-0.15, -0.1) is 0 Å². The Morgan fingerprint density at radius 3 is 2.33 bits per heavy atom. The lowest BCUT2D eigenvalue weighted by atomic mass is 9.85. The zero-order valence-electron chi connectivity index (χ0n) is 23.6. The molecule has 2 aromatic heterocycles. The summed E-state index contributed by atoms with van der Waals surface area (Å²) in [4.78, 5) is 28.2. The van der Waals surface area contributed by atoms with Crippen molar-refractivity contribution in [3.05, 3.63) is 80.9 Å². The molecule has 3 unspecified atom stereocenters. The lowest BCUT2D eigenvalue weighted by molar-refractivity contribution is 0.0612. The van der Waals surface area contributed by atoms with Crippen LogP contribution in [0, 0.1) is 12.8 Å². The van der Waals surface area contributed by atoms with Crippen LogP contribution in [0.3, 0.4) is 0 Å². The Labute approximate surface area is 252 Å². The van der Waals surface area contributed by atoms with Gasteiger partial charge in [0.15, 0.2) is 8.32 Å². The minimum Gasteiger partial charge on any atom is -0.472 e. The number of pyridine rings is 1. The molecule has 4 rings (SSSR count). The maximum absolute atomic E-state index is 13.6. The van der Waals surface area contributed by atoms with Gasteiger partial charge in [0.2, 0.25) is 5.88 Å². The molecule has 3 atom stereocenters. The Morgan fingerprint density at radius 1 is 1.02 bits per heavy atom. The first-order chi connectivity index (χ1) is 18.7. The predicted molar refractivity (Wildman–Crippen MR) is 162 cm³/mol. The molecule has 1 aromatic carbocycles. The van der Waals surface area contributed by atoms with Gasteiger partial charge < -0.3 is 14.1 Å². The van der Waals surface area contributed by atoms with E-state index in [1.54, 1.807) is 43.7 Å². The first kappa shape index (κ1) is 30.7. The van der Waals surface area contributed by atoms with Crippen LogP contribution < -0.4 is 4.74 Å². The Morgan fingerprint density at radius 2 is 1.73 bits per heavy atom. The van der Waals surface area contributed by atoms with Gasteiger partial charge in [-0.2, -0.15) is 0 Å². The minimum atomic E-state index is -2.12. The average Bonchev–Trinajstić information content (AvgIpc) is 3.34. The summed E-state index contributed by atoms with van der Waals surface area (Å²) in [6, 6.07) is 9.11. The van der Waals surface area contributed by atoms with Crippen LogP contribution in [0.2, 0.25) is 33.2 Å². The Kier molecular flexibility index (Phi) is 9.47. The SMILES string of the molecule is Cc1ncc(C(=O)N2CC(c3ccc(Cl)c(Cl)c3)C(C(CO[Si](C)(C)C(C)(C)C)Oc3ccc(Cl)cn3)C2)cn1. The van der Waals surface area contributed by atoms with E-state index in [1.165, 1.54) is 0 Å². The number of hydrogen-bond donors (Lipinski definition) is 0. The van der Waals surface area contributed by atoms with Crippen molar-refractivity contribution in [2.45, 2.75) is 57.8 Å². The molecule has 0 spiro atoms. The summed E-state index contributed by atoms with van der Waals surface area (Å²) in [5.74, 6) is 0.690. The quantitative estimate of drug-likeness (QED) is 0.243. The van der Waals surface area contributed by atoms with Crippen molar-refractivity contribution in [2.75, 3.05) is 19.7 Å². The average molecular weight is 622 g/mol. The molecule has 0 radical (unpaired) electrons. The minimum absolute atomic E-state index is 0.0162. The van der Waals surface area contributed by atoms with Crippen LogP contribution >= 0.6 is 34.8 Å². The van der Waals surface area contributed by atoms with E-state index in [4.69, 9.17) is 44.0 Å². The van der Waals surface area contributed by atoms with Crippen molar-refractivity contribution in [2.24, 2.45) is 5.92 Å². The van der Waals surface area contributed by atoms with E-state index in [-0.39, 0.29) is 22.8 Å². The zero-order chi connectivity index (χ0) is 29.2. The van der Waals surface area contributed by atoms with Crippen LogP contribution in [0.15, 0.2) is 48.9 Å². The highest BCUT2D eigenvalue weighted by atomic mass is 35.5. The number of rotatable bonds is 8. The van der Waals surface area contributed by atoms with Crippen LogP contribution in [-0.4, -0.2) is 59.9 Å². The molecule has 40 heavy (non-hydrogen) atoms. The second kappa shape index (κ2) is 12.3. The van der Waals surface area contributed by atoms with Gasteiger partial charge >= 0.3 is 0 Å². The molecule has 1 saturated heterocycles. The summed E-state index contributed by atoms with van der Waals surface area (Å²) in [6.07, 6.45) is 4.28. The van der Waals surface area contributed by atoms with E-state index >= 15 is 0 Å². The molecule has 3 aromatic rings. The molecule has 0 bridgehead atoms. The predicted octanol–water partition coefficient (Wildman–Crippen LogP) is 7.47. The Hall–Kier alpha value is -2.23. The fourth-order valence-electron chi connectivity index (χ4n) is 4.49. The fourth-order valence-corrected chi connectivity index (χ4v) is 5.92. The standard InChI is InChI=1S/C29H35Cl3N4O3Si/c1-18-33-12-20(13-34-18)28(37)36-15-22(19-7-9-24(31)25(32)11-19)23(16-36)26(17-38-40(5,6)29(2,3)4)39-27-10-8-21(30)14-35-27/h7-14,22-23,26H,15-17H2,1-6H3. The molecule has 1 aliphatic heterocycles. The van der Waals surface area contributed by atoms with Gasteiger partial charge in [0, 0.05) is 49.6 Å². The lowest BCUT2D eigenvalue weighted by Crippen LogP contribution is -2.46. The van der Waals surface area contributed by atoms with Crippen LogP contribution in [0.4, 0.5) is 0 Å². The van der Waals surface area contributed by atoms with E-state index in [0.29, 0.717) is 52.0 Å². The van der Waals surface area contributed by atoms with Crippen molar-refractivity contribution in [3.8, 4) is 5.88 Å². The maximum Gasteiger partial charge on any atom is 0.257 e. The number of amides is 1. The topological polar surface area (TPSA) is 77.4 Å². The van der Waals surface area contributed by atoms with Gasteiger partial charge in [-0.05, 0) is 48.8 Å². The highest BCUT2D eigenvalue weighted by Crippen LogP contribution is 2.41. The molecule has 1 aliphatic rings. The number of carbonyl (C=O) groups is 1. The summed E-state index contributed by atoms with van der Waals surface area (Å²) in [6.45, 7) is 14.1. The number of aromatic nitrogens is 3. The van der Waals surface area contributed by atoms with Crippen LogP contribution in [0.5, 0.6) is 5.88 Å². The van der Waals surface area contributed by atoms with Gasteiger partial charge in [-0.25, -0.2) is 15.0 Å². The summed E-state index contributed by atoms with van der Waals surface area (Å²) < 4.78 is 13.2. The molecule has 11 heteroatoms. The molecule has 0 saturated carbocycles. The summed E-state index contributed by atoms with van der Waals surface area (Å²) in [5, 5.41) is 1.48. The number of halogens is 3. The van der Waals surface area contributed by atoms with Crippen molar-refractivity contribution in [1.29, 1.82) is 0 Å². The molecule has 1 fully saturated rings. The fraction of sp³-hybridized carbons (Fsp3) is 0.448. The third-order valence-corrected chi connectivity index (χ3v) is 13.4. The zero-order valence-corrected chi connectivity index (χ0v) is 26.9. The number of likely N-dealkylation sites (tertiary alicyclic amines) is 1. The summed E-state index contributed by atoms with van der Waals surface area (Å²) in [5.41, 5.74) is 1.41. The van der Waals surface area contributed by atoms with E-state index in [1.807, 2.05) is 17.0 Å². The van der Waals surface area contributed by atoms with E-state index < -0.39 is 14.4 Å². The molecule has 0 N–H and O–H groups in total. The lowest BCUT2D eigenvalue weighted by Gasteiger charge is -2.38. The second-order valence-corrected chi connectivity index (χ2v) is 17.8. The molecular weight excluding hydrogens is 587 g/mol. The smallest absolute Gasteiger partial charge is 0.257 e. The number of ether oxygens (including phenoxy) is 1. The molecule has 0 aliphatic carbocycles. The highest BCUT2D eigenvalue weighted by Gasteiger charge is 2.44. The van der Waals surface area contributed by atoms with E-state index in [9.17, 15) is 4.79 Å². The van der Waals surface area contributed by atoms with Crippen molar-refractivity contribution >= 4 is 49.0 Å². The third kappa shape index (κ3) is 7.15.